The maximum absolute atomic E-state index is 5.84. The van der Waals surface area contributed by atoms with Crippen LogP contribution in [0.4, 0.5) is 0 Å². The minimum atomic E-state index is 0.665. The van der Waals surface area contributed by atoms with Gasteiger partial charge in [0, 0.05) is 6.61 Å². The number of hydrogen-bond donors (Lipinski definition) is 0. The predicted octanol–water partition coefficient (Wildman–Crippen LogP) is 4.59. The Morgan fingerprint density at radius 3 is 2.72 bits per heavy atom. The van der Waals surface area contributed by atoms with Gasteiger partial charge >= 0.3 is 0 Å². The van der Waals surface area contributed by atoms with Crippen LogP contribution in [0.25, 0.3) is 0 Å². The largest absolute Gasteiger partial charge is 0.376 e. The van der Waals surface area contributed by atoms with Crippen molar-refractivity contribution in [2.45, 2.75) is 39.7 Å². The monoisotopic (exact) mass is 244 g/mol. The smallest absolute Gasteiger partial charge is 0.0717 e. The molecule has 98 valence electrons. The molecule has 0 saturated heterocycles. The average Bonchev–Trinajstić information content (AvgIpc) is 2.40. The molecular formula is C17H24O. The van der Waals surface area contributed by atoms with Crippen LogP contribution in [0, 0.1) is 11.8 Å². The summed E-state index contributed by atoms with van der Waals surface area (Å²) >= 11 is 0. The van der Waals surface area contributed by atoms with E-state index in [1.165, 1.54) is 24.8 Å². The fraction of sp³-hybridized carbons (Fsp3) is 0.529. The van der Waals surface area contributed by atoms with Crippen molar-refractivity contribution in [2.75, 3.05) is 6.61 Å². The maximum Gasteiger partial charge on any atom is 0.0717 e. The van der Waals surface area contributed by atoms with E-state index < -0.39 is 0 Å². The molecule has 1 aromatic carbocycles. The molecule has 0 spiro atoms. The highest BCUT2D eigenvalue weighted by molar-refractivity contribution is 5.13. The van der Waals surface area contributed by atoms with Gasteiger partial charge in [0.2, 0.25) is 0 Å². The zero-order valence-electron chi connectivity index (χ0n) is 11.6. The number of allylic oxidation sites excluding steroid dienone is 2. The predicted molar refractivity (Wildman–Crippen MR) is 76.4 cm³/mol. The molecule has 2 unspecified atom stereocenters. The van der Waals surface area contributed by atoms with Crippen molar-refractivity contribution in [2.24, 2.45) is 11.8 Å². The third-order valence-electron chi connectivity index (χ3n) is 3.98. The van der Waals surface area contributed by atoms with Gasteiger partial charge in [-0.05, 0) is 43.6 Å². The summed E-state index contributed by atoms with van der Waals surface area (Å²) in [5.41, 5.74) is 2.83. The molecular weight excluding hydrogens is 220 g/mol. The molecule has 1 aliphatic carbocycles. The molecule has 0 bridgehead atoms. The molecule has 0 saturated carbocycles. The van der Waals surface area contributed by atoms with Gasteiger partial charge in [-0.3, -0.25) is 0 Å². The lowest BCUT2D eigenvalue weighted by Gasteiger charge is -2.26. The standard InChI is InChI=1S/C17H24O/c1-14-8-10-17(11-9-14)15(2)12-18-13-16-6-4-3-5-7-16/h3-8,15,17H,9-13H2,1-2H3. The van der Waals surface area contributed by atoms with Crippen LogP contribution in [0.5, 0.6) is 0 Å². The van der Waals surface area contributed by atoms with E-state index in [0.717, 1.165) is 19.1 Å². The molecule has 0 aromatic heterocycles. The van der Waals surface area contributed by atoms with Crippen LogP contribution in [0.15, 0.2) is 42.0 Å². The lowest BCUT2D eigenvalue weighted by molar-refractivity contribution is 0.0700. The molecule has 1 nitrogen and oxygen atoms in total. The summed E-state index contributed by atoms with van der Waals surface area (Å²) < 4.78 is 5.84. The summed E-state index contributed by atoms with van der Waals surface area (Å²) in [6.07, 6.45) is 6.25. The first kappa shape index (κ1) is 13.4. The number of ether oxygens (including phenoxy) is 1. The summed E-state index contributed by atoms with van der Waals surface area (Å²) in [5, 5.41) is 0. The molecule has 2 rings (SSSR count). The van der Waals surface area contributed by atoms with Crippen molar-refractivity contribution >= 4 is 0 Å². The third kappa shape index (κ3) is 3.99. The van der Waals surface area contributed by atoms with Crippen LogP contribution in [-0.2, 0) is 11.3 Å². The fourth-order valence-electron chi connectivity index (χ4n) is 2.58. The summed E-state index contributed by atoms with van der Waals surface area (Å²) in [5.74, 6) is 1.47. The Bertz CT molecular complexity index is 380. The highest BCUT2D eigenvalue weighted by atomic mass is 16.5. The first-order valence-corrected chi connectivity index (χ1v) is 7.03. The molecule has 18 heavy (non-hydrogen) atoms. The van der Waals surface area contributed by atoms with E-state index in [1.807, 2.05) is 6.07 Å². The van der Waals surface area contributed by atoms with Crippen LogP contribution < -0.4 is 0 Å². The van der Waals surface area contributed by atoms with Crippen molar-refractivity contribution in [1.29, 1.82) is 0 Å². The molecule has 0 radical (unpaired) electrons. The van der Waals surface area contributed by atoms with Gasteiger partial charge in [0.1, 0.15) is 0 Å². The Labute approximate surface area is 111 Å². The van der Waals surface area contributed by atoms with E-state index in [1.54, 1.807) is 5.57 Å². The molecule has 1 heteroatoms. The quantitative estimate of drug-likeness (QED) is 0.689. The van der Waals surface area contributed by atoms with Gasteiger partial charge < -0.3 is 4.74 Å². The highest BCUT2D eigenvalue weighted by Crippen LogP contribution is 2.29. The van der Waals surface area contributed by atoms with Gasteiger partial charge in [0.05, 0.1) is 6.61 Å². The van der Waals surface area contributed by atoms with Gasteiger partial charge in [-0.2, -0.15) is 0 Å². The lowest BCUT2D eigenvalue weighted by atomic mass is 9.82. The summed E-state index contributed by atoms with van der Waals surface area (Å²) in [7, 11) is 0. The number of hydrogen-bond acceptors (Lipinski definition) is 1. The minimum absolute atomic E-state index is 0.665. The Kier molecular flexibility index (Phi) is 5.00. The van der Waals surface area contributed by atoms with E-state index in [4.69, 9.17) is 4.74 Å². The molecule has 2 atom stereocenters. The number of rotatable bonds is 5. The average molecular weight is 244 g/mol. The molecule has 0 fully saturated rings. The van der Waals surface area contributed by atoms with Gasteiger partial charge in [0.25, 0.3) is 0 Å². The lowest BCUT2D eigenvalue weighted by Crippen LogP contribution is -2.19. The van der Waals surface area contributed by atoms with Gasteiger partial charge in [-0.1, -0.05) is 48.9 Å². The summed E-state index contributed by atoms with van der Waals surface area (Å²) in [6.45, 7) is 6.19. The van der Waals surface area contributed by atoms with E-state index in [-0.39, 0.29) is 0 Å². The second-order valence-electron chi connectivity index (χ2n) is 5.56. The first-order valence-electron chi connectivity index (χ1n) is 7.03. The van der Waals surface area contributed by atoms with Gasteiger partial charge in [-0.15, -0.1) is 0 Å². The van der Waals surface area contributed by atoms with E-state index in [9.17, 15) is 0 Å². The molecule has 0 N–H and O–H groups in total. The van der Waals surface area contributed by atoms with Crippen LogP contribution in [0.2, 0.25) is 0 Å². The Morgan fingerprint density at radius 2 is 2.06 bits per heavy atom. The summed E-state index contributed by atoms with van der Waals surface area (Å²) in [4.78, 5) is 0. The van der Waals surface area contributed by atoms with Crippen molar-refractivity contribution in [3.63, 3.8) is 0 Å². The fourth-order valence-corrected chi connectivity index (χ4v) is 2.58. The van der Waals surface area contributed by atoms with Crippen molar-refractivity contribution in [1.82, 2.24) is 0 Å². The maximum atomic E-state index is 5.84. The third-order valence-corrected chi connectivity index (χ3v) is 3.98. The molecule has 0 heterocycles. The van der Waals surface area contributed by atoms with E-state index in [2.05, 4.69) is 44.2 Å². The van der Waals surface area contributed by atoms with Gasteiger partial charge in [-0.25, -0.2) is 0 Å². The Hall–Kier alpha value is -1.08. The SMILES string of the molecule is CC1=CCC(C(C)COCc2ccccc2)CC1. The highest BCUT2D eigenvalue weighted by Gasteiger charge is 2.19. The molecule has 1 aromatic rings. The normalized spacial score (nSPS) is 21.4. The topological polar surface area (TPSA) is 9.23 Å². The van der Waals surface area contributed by atoms with Crippen molar-refractivity contribution in [3.8, 4) is 0 Å². The van der Waals surface area contributed by atoms with Crippen LogP contribution in [-0.4, -0.2) is 6.61 Å². The molecule has 1 aliphatic rings. The second-order valence-corrected chi connectivity index (χ2v) is 5.56. The molecule has 0 aliphatic heterocycles. The number of benzene rings is 1. The van der Waals surface area contributed by atoms with Crippen LogP contribution in [0.3, 0.4) is 0 Å². The first-order chi connectivity index (χ1) is 8.75. The van der Waals surface area contributed by atoms with Crippen molar-refractivity contribution < 1.29 is 4.74 Å². The minimum Gasteiger partial charge on any atom is -0.376 e. The summed E-state index contributed by atoms with van der Waals surface area (Å²) in [6, 6.07) is 10.4. The van der Waals surface area contributed by atoms with E-state index >= 15 is 0 Å². The zero-order valence-corrected chi connectivity index (χ0v) is 11.6. The zero-order chi connectivity index (χ0) is 12.8. The van der Waals surface area contributed by atoms with E-state index in [0.29, 0.717) is 5.92 Å². The second kappa shape index (κ2) is 6.75. The Morgan fingerprint density at radius 1 is 1.28 bits per heavy atom. The molecule has 0 amide bonds. The van der Waals surface area contributed by atoms with Crippen LogP contribution >= 0.6 is 0 Å². The van der Waals surface area contributed by atoms with Gasteiger partial charge in [0.15, 0.2) is 0 Å². The van der Waals surface area contributed by atoms with Crippen LogP contribution in [0.1, 0.15) is 38.7 Å². The van der Waals surface area contributed by atoms with Crippen molar-refractivity contribution in [3.05, 3.63) is 47.5 Å². The Balaban J connectivity index is 1.70.